The summed E-state index contributed by atoms with van der Waals surface area (Å²) in [6.07, 6.45) is 11.9. The Kier molecular flexibility index (Phi) is 5.25. The van der Waals surface area contributed by atoms with Gasteiger partial charge in [-0.25, -0.2) is 0 Å². The molecule has 0 fully saturated rings. The summed E-state index contributed by atoms with van der Waals surface area (Å²) in [7, 11) is 0. The molecule has 1 heterocycles. The van der Waals surface area contributed by atoms with Crippen molar-refractivity contribution in [2.45, 2.75) is 20.3 Å². The highest BCUT2D eigenvalue weighted by molar-refractivity contribution is 6.09. The molecule has 0 saturated heterocycles. The second-order valence-corrected chi connectivity index (χ2v) is 6.69. The molecular formula is C27H25N. The predicted octanol–water partition coefficient (Wildman–Crippen LogP) is 7.91. The molecule has 4 aromatic rings. The van der Waals surface area contributed by atoms with Gasteiger partial charge in [-0.05, 0) is 52.9 Å². The van der Waals surface area contributed by atoms with E-state index in [1.54, 1.807) is 0 Å². The number of benzene rings is 3. The smallest absolute Gasteiger partial charge is 0.0465 e. The maximum Gasteiger partial charge on any atom is 0.0465 e. The van der Waals surface area contributed by atoms with Crippen molar-refractivity contribution in [2.24, 2.45) is 0 Å². The van der Waals surface area contributed by atoms with E-state index < -0.39 is 0 Å². The van der Waals surface area contributed by atoms with E-state index in [9.17, 15) is 0 Å². The van der Waals surface area contributed by atoms with Crippen LogP contribution in [0.15, 0.2) is 97.1 Å². The van der Waals surface area contributed by atoms with E-state index in [4.69, 9.17) is 0 Å². The van der Waals surface area contributed by atoms with Crippen molar-refractivity contribution in [3.63, 3.8) is 0 Å². The van der Waals surface area contributed by atoms with Gasteiger partial charge in [0.25, 0.3) is 0 Å². The molecule has 1 aliphatic rings. The van der Waals surface area contributed by atoms with E-state index in [0.717, 1.165) is 6.42 Å². The Hall–Kier alpha value is -3.32. The Balaban J connectivity index is 0.000000932. The molecule has 28 heavy (non-hydrogen) atoms. The molecule has 0 radical (unpaired) electrons. The fourth-order valence-electron chi connectivity index (χ4n) is 3.68. The van der Waals surface area contributed by atoms with Gasteiger partial charge in [0.05, 0.1) is 0 Å². The molecule has 1 heteroatoms. The number of nitrogens with one attached hydrogen (secondary N) is 1. The summed E-state index contributed by atoms with van der Waals surface area (Å²) in [4.78, 5) is 3.55. The number of hydrogen-bond acceptors (Lipinski definition) is 0. The number of allylic oxidation sites excluding steroid dienone is 6. The van der Waals surface area contributed by atoms with Crippen LogP contribution in [-0.2, 0) is 0 Å². The number of aromatic amines is 1. The van der Waals surface area contributed by atoms with Gasteiger partial charge in [0.15, 0.2) is 0 Å². The van der Waals surface area contributed by atoms with Crippen molar-refractivity contribution in [3.8, 4) is 11.1 Å². The van der Waals surface area contributed by atoms with E-state index in [-0.39, 0.29) is 0 Å². The summed E-state index contributed by atoms with van der Waals surface area (Å²) in [5, 5.41) is 2.56. The minimum Gasteiger partial charge on any atom is -0.355 e. The Morgan fingerprint density at radius 3 is 2.11 bits per heavy atom. The molecule has 0 spiro atoms. The lowest BCUT2D eigenvalue weighted by Crippen LogP contribution is -1.81. The van der Waals surface area contributed by atoms with Crippen molar-refractivity contribution in [2.75, 3.05) is 0 Å². The van der Waals surface area contributed by atoms with Crippen LogP contribution in [-0.4, -0.2) is 4.98 Å². The Bertz CT molecular complexity index is 1190. The first-order valence-corrected chi connectivity index (χ1v) is 10.0. The van der Waals surface area contributed by atoms with E-state index in [2.05, 4.69) is 102 Å². The number of hydrogen-bond donors (Lipinski definition) is 1. The van der Waals surface area contributed by atoms with Crippen LogP contribution in [0, 0.1) is 0 Å². The van der Waals surface area contributed by atoms with E-state index >= 15 is 0 Å². The van der Waals surface area contributed by atoms with Gasteiger partial charge >= 0.3 is 0 Å². The lowest BCUT2D eigenvalue weighted by molar-refractivity contribution is 1.41. The lowest BCUT2D eigenvalue weighted by Gasteiger charge is -2.04. The van der Waals surface area contributed by atoms with Crippen LogP contribution in [0.2, 0.25) is 0 Å². The second-order valence-electron chi connectivity index (χ2n) is 6.69. The van der Waals surface area contributed by atoms with Crippen molar-refractivity contribution in [3.05, 3.63) is 103 Å². The van der Waals surface area contributed by atoms with E-state index in [1.807, 2.05) is 13.8 Å². The molecule has 0 aliphatic heterocycles. The van der Waals surface area contributed by atoms with Gasteiger partial charge in [-0.3, -0.25) is 0 Å². The number of H-pyrrole nitrogens is 1. The zero-order valence-corrected chi connectivity index (χ0v) is 16.4. The van der Waals surface area contributed by atoms with Gasteiger partial charge in [0, 0.05) is 21.8 Å². The summed E-state index contributed by atoms with van der Waals surface area (Å²) >= 11 is 0. The first-order chi connectivity index (χ1) is 13.9. The van der Waals surface area contributed by atoms with Crippen molar-refractivity contribution in [1.29, 1.82) is 0 Å². The Labute approximate surface area is 166 Å². The van der Waals surface area contributed by atoms with Crippen LogP contribution in [0.25, 0.3) is 38.5 Å². The highest BCUT2D eigenvalue weighted by Crippen LogP contribution is 2.32. The fourth-order valence-corrected chi connectivity index (χ4v) is 3.68. The minimum atomic E-state index is 0.979. The van der Waals surface area contributed by atoms with Crippen molar-refractivity contribution in [1.82, 2.24) is 4.98 Å². The van der Waals surface area contributed by atoms with Crippen LogP contribution in [0.1, 0.15) is 25.8 Å². The average molecular weight is 364 g/mol. The average Bonchev–Trinajstić information content (AvgIpc) is 2.92. The fraction of sp³-hybridized carbons (Fsp3) is 0.111. The number of fused-ring (bicyclic) bond motifs is 3. The molecular weight excluding hydrogens is 338 g/mol. The second kappa shape index (κ2) is 8.14. The monoisotopic (exact) mass is 363 g/mol. The molecule has 5 rings (SSSR count). The Morgan fingerprint density at radius 2 is 1.36 bits per heavy atom. The van der Waals surface area contributed by atoms with Crippen LogP contribution in [0.4, 0.5) is 0 Å². The topological polar surface area (TPSA) is 15.8 Å². The molecule has 0 amide bonds. The molecule has 1 aliphatic carbocycles. The molecule has 3 aromatic carbocycles. The van der Waals surface area contributed by atoms with Crippen LogP contribution in [0.3, 0.4) is 0 Å². The van der Waals surface area contributed by atoms with Crippen LogP contribution >= 0.6 is 0 Å². The van der Waals surface area contributed by atoms with Gasteiger partial charge < -0.3 is 4.98 Å². The molecule has 1 N–H and O–H groups in total. The third-order valence-corrected chi connectivity index (χ3v) is 5.04. The maximum atomic E-state index is 3.55. The van der Waals surface area contributed by atoms with Crippen LogP contribution < -0.4 is 0 Å². The van der Waals surface area contributed by atoms with E-state index in [1.165, 1.54) is 44.1 Å². The summed E-state index contributed by atoms with van der Waals surface area (Å²) in [6, 6.07) is 23.9. The number of aromatic nitrogens is 1. The summed E-state index contributed by atoms with van der Waals surface area (Å²) in [5.41, 5.74) is 7.42. The number of rotatable bonds is 2. The zero-order chi connectivity index (χ0) is 19.3. The third kappa shape index (κ3) is 3.44. The molecule has 1 aromatic heterocycles. The standard InChI is InChI=1S/C25H19N.C2H6/c1-2-5-9-18(8-4-1)20-12-14-24-22(16-20)23-17-21(13-15-25(23)26-24)19-10-6-3-7-11-19;1-2/h1-4,6-17,26H,5H2;1-2H3. The van der Waals surface area contributed by atoms with Gasteiger partial charge in [-0.2, -0.15) is 0 Å². The summed E-state index contributed by atoms with van der Waals surface area (Å²) in [5.74, 6) is 0. The molecule has 0 saturated carbocycles. The largest absolute Gasteiger partial charge is 0.355 e. The first-order valence-electron chi connectivity index (χ1n) is 10.0. The third-order valence-electron chi connectivity index (χ3n) is 5.04. The molecule has 0 unspecified atom stereocenters. The van der Waals surface area contributed by atoms with Crippen molar-refractivity contribution < 1.29 is 0 Å². The van der Waals surface area contributed by atoms with Gasteiger partial charge in [0.1, 0.15) is 0 Å². The quantitative estimate of drug-likeness (QED) is 0.372. The zero-order valence-electron chi connectivity index (χ0n) is 16.4. The maximum absolute atomic E-state index is 3.55. The van der Waals surface area contributed by atoms with Gasteiger partial charge in [0.2, 0.25) is 0 Å². The molecule has 0 atom stereocenters. The lowest BCUT2D eigenvalue weighted by atomic mass is 10.00. The first kappa shape index (κ1) is 18.1. The normalized spacial score (nSPS) is 13.1. The van der Waals surface area contributed by atoms with E-state index in [0.29, 0.717) is 0 Å². The van der Waals surface area contributed by atoms with Crippen LogP contribution in [0.5, 0.6) is 0 Å². The SMILES string of the molecule is C1=CCC=C(c2ccc3[nH]c4ccc(-c5ccccc5)cc4c3c2)C=C1.CC. The predicted molar refractivity (Wildman–Crippen MR) is 123 cm³/mol. The molecule has 1 nitrogen and oxygen atoms in total. The highest BCUT2D eigenvalue weighted by Gasteiger charge is 2.08. The summed E-state index contributed by atoms with van der Waals surface area (Å²) in [6.45, 7) is 4.00. The van der Waals surface area contributed by atoms with Gasteiger partial charge in [-0.1, -0.05) is 86.7 Å². The Morgan fingerprint density at radius 1 is 0.679 bits per heavy atom. The minimum absolute atomic E-state index is 0.979. The highest BCUT2D eigenvalue weighted by atomic mass is 14.7. The summed E-state index contributed by atoms with van der Waals surface area (Å²) < 4.78 is 0. The molecule has 138 valence electrons. The molecule has 0 bridgehead atoms. The van der Waals surface area contributed by atoms with Crippen molar-refractivity contribution >= 4 is 27.4 Å². The van der Waals surface area contributed by atoms with Gasteiger partial charge in [-0.15, -0.1) is 0 Å².